The van der Waals surface area contributed by atoms with Crippen LogP contribution in [0, 0.1) is 34.6 Å². The Morgan fingerprint density at radius 1 is 0.758 bits per heavy atom. The maximum Gasteiger partial charge on any atom is 0.223 e. The Balaban J connectivity index is 2.24. The Kier molecular flexibility index (Phi) is 7.24. The normalized spacial score (nSPS) is 11.7. The second-order valence-corrected chi connectivity index (χ2v) is 9.81. The zero-order valence-electron chi connectivity index (χ0n) is 20.1. The van der Waals surface area contributed by atoms with Crippen LogP contribution in [0.3, 0.4) is 0 Å². The molecule has 0 aliphatic heterocycles. The molecule has 0 N–H and O–H groups in total. The third-order valence-corrected chi connectivity index (χ3v) is 7.46. The van der Waals surface area contributed by atoms with Crippen molar-refractivity contribution in [2.75, 3.05) is 14.2 Å². The predicted octanol–water partition coefficient (Wildman–Crippen LogP) is 5.50. The third kappa shape index (κ3) is 4.38. The Morgan fingerprint density at radius 3 is 1.70 bits per heavy atom. The summed E-state index contributed by atoms with van der Waals surface area (Å²) in [7, 11) is -0.150. The van der Waals surface area contributed by atoms with Crippen molar-refractivity contribution in [1.29, 1.82) is 0 Å². The molecule has 1 atom stereocenters. The smallest absolute Gasteiger partial charge is 0.223 e. The van der Waals surface area contributed by atoms with Crippen molar-refractivity contribution < 1.29 is 23.6 Å². The van der Waals surface area contributed by atoms with Crippen LogP contribution < -0.4 is 14.8 Å². The van der Waals surface area contributed by atoms with Crippen molar-refractivity contribution in [3.05, 3.63) is 87.0 Å². The van der Waals surface area contributed by atoms with E-state index in [4.69, 9.17) is 9.47 Å². The maximum absolute atomic E-state index is 13.7. The Bertz CT molecular complexity index is 1220. The molecule has 172 valence electrons. The van der Waals surface area contributed by atoms with Crippen LogP contribution in [0.2, 0.25) is 0 Å². The van der Waals surface area contributed by atoms with Gasteiger partial charge in [-0.1, -0.05) is 48.0 Å². The van der Waals surface area contributed by atoms with Crippen LogP contribution in [0.4, 0.5) is 0 Å². The van der Waals surface area contributed by atoms with Crippen molar-refractivity contribution in [2.45, 2.75) is 34.6 Å². The average molecular weight is 464 g/mol. The molecule has 0 fully saturated rings. The number of aryl methyl sites for hydroxylation is 3. The SMILES string of the molecule is COc1c(C)c(C(=O)c2ccccc2)c(C)c(OC)c1[PH](=O)C(=O)c1c(C)cc(C)cc1C. The lowest BCUT2D eigenvalue weighted by atomic mass is 9.93. The first-order valence-electron chi connectivity index (χ1n) is 10.7. The van der Waals surface area contributed by atoms with E-state index in [1.54, 1.807) is 38.1 Å². The number of rotatable bonds is 7. The van der Waals surface area contributed by atoms with Gasteiger partial charge in [-0.2, -0.15) is 0 Å². The highest BCUT2D eigenvalue weighted by Gasteiger charge is 2.32. The van der Waals surface area contributed by atoms with Gasteiger partial charge in [0.15, 0.2) is 13.6 Å². The molecule has 3 aromatic carbocycles. The van der Waals surface area contributed by atoms with Crippen molar-refractivity contribution in [1.82, 2.24) is 0 Å². The number of ether oxygens (including phenoxy) is 2. The van der Waals surface area contributed by atoms with Crippen LogP contribution in [0.25, 0.3) is 0 Å². The summed E-state index contributed by atoms with van der Waals surface area (Å²) in [5.41, 5.74) is 4.59. The van der Waals surface area contributed by atoms with Crippen molar-refractivity contribution in [3.8, 4) is 11.5 Å². The number of carbonyl (C=O) groups excluding carboxylic acids is 2. The average Bonchev–Trinajstić information content (AvgIpc) is 2.78. The van der Waals surface area contributed by atoms with Crippen molar-refractivity contribution in [3.63, 3.8) is 0 Å². The number of ketones is 1. The van der Waals surface area contributed by atoms with E-state index in [0.29, 0.717) is 27.8 Å². The van der Waals surface area contributed by atoms with Crippen LogP contribution in [0.1, 0.15) is 54.1 Å². The first kappa shape index (κ1) is 24.5. The molecule has 0 heterocycles. The van der Waals surface area contributed by atoms with Gasteiger partial charge in [0.1, 0.15) is 16.8 Å². The Morgan fingerprint density at radius 2 is 1.24 bits per heavy atom. The Labute approximate surface area is 195 Å². The molecular formula is C27H29O5P. The first-order chi connectivity index (χ1) is 15.6. The molecule has 6 heteroatoms. The molecule has 0 bridgehead atoms. The fourth-order valence-corrected chi connectivity index (χ4v) is 6.38. The third-order valence-electron chi connectivity index (χ3n) is 5.89. The van der Waals surface area contributed by atoms with Gasteiger partial charge in [-0.3, -0.25) is 9.59 Å². The topological polar surface area (TPSA) is 69.7 Å². The number of benzene rings is 3. The van der Waals surface area contributed by atoms with Gasteiger partial charge in [0.25, 0.3) is 0 Å². The fourth-order valence-electron chi connectivity index (χ4n) is 4.54. The summed E-state index contributed by atoms with van der Waals surface area (Å²) in [6.07, 6.45) is 0. The second kappa shape index (κ2) is 9.76. The number of hydrogen-bond acceptors (Lipinski definition) is 5. The quantitative estimate of drug-likeness (QED) is 0.341. The molecule has 0 aliphatic carbocycles. The van der Waals surface area contributed by atoms with Gasteiger partial charge in [-0.05, 0) is 45.7 Å². The number of methoxy groups -OCH3 is 2. The van der Waals surface area contributed by atoms with Crippen LogP contribution in [-0.2, 0) is 4.57 Å². The maximum atomic E-state index is 13.7. The van der Waals surface area contributed by atoms with E-state index in [1.165, 1.54) is 14.2 Å². The summed E-state index contributed by atoms with van der Waals surface area (Å²) in [5.74, 6) is 0.303. The Hall–Kier alpha value is -3.17. The minimum atomic E-state index is -3.04. The monoisotopic (exact) mass is 464 g/mol. The molecule has 0 radical (unpaired) electrons. The van der Waals surface area contributed by atoms with Crippen LogP contribution in [0.15, 0.2) is 42.5 Å². The van der Waals surface area contributed by atoms with E-state index in [2.05, 4.69) is 0 Å². The summed E-state index contributed by atoms with van der Waals surface area (Å²) in [6, 6.07) is 12.7. The van der Waals surface area contributed by atoms with E-state index in [9.17, 15) is 14.2 Å². The molecule has 3 rings (SSSR count). The molecule has 0 amide bonds. The van der Waals surface area contributed by atoms with Gasteiger partial charge in [0.2, 0.25) is 5.52 Å². The van der Waals surface area contributed by atoms with Gasteiger partial charge in [-0.25, -0.2) is 0 Å². The van der Waals surface area contributed by atoms with E-state index >= 15 is 0 Å². The van der Waals surface area contributed by atoms with Crippen molar-refractivity contribution >= 4 is 24.4 Å². The van der Waals surface area contributed by atoms with Crippen LogP contribution >= 0.6 is 7.80 Å². The second-order valence-electron chi connectivity index (χ2n) is 8.19. The molecule has 0 spiro atoms. The lowest BCUT2D eigenvalue weighted by Gasteiger charge is -2.21. The number of carbonyl (C=O) groups is 2. The lowest BCUT2D eigenvalue weighted by molar-refractivity contribution is 0.103. The summed E-state index contributed by atoms with van der Waals surface area (Å²) in [4.78, 5) is 26.8. The summed E-state index contributed by atoms with van der Waals surface area (Å²) in [6.45, 7) is 9.13. The molecule has 0 aromatic heterocycles. The minimum Gasteiger partial charge on any atom is -0.496 e. The van der Waals surface area contributed by atoms with Crippen LogP contribution in [0.5, 0.6) is 11.5 Å². The van der Waals surface area contributed by atoms with E-state index in [-0.39, 0.29) is 22.6 Å². The zero-order chi connectivity index (χ0) is 24.4. The predicted molar refractivity (Wildman–Crippen MR) is 133 cm³/mol. The fraction of sp³-hybridized carbons (Fsp3) is 0.259. The summed E-state index contributed by atoms with van der Waals surface area (Å²) < 4.78 is 25.0. The summed E-state index contributed by atoms with van der Waals surface area (Å²) in [5, 5.41) is 0.217. The highest BCUT2D eigenvalue weighted by atomic mass is 31.1. The molecule has 5 nitrogen and oxygen atoms in total. The highest BCUT2D eigenvalue weighted by molar-refractivity contribution is 7.72. The van der Waals surface area contributed by atoms with Gasteiger partial charge in [0, 0.05) is 27.8 Å². The molecule has 33 heavy (non-hydrogen) atoms. The zero-order valence-corrected chi connectivity index (χ0v) is 21.1. The van der Waals surface area contributed by atoms with E-state index in [0.717, 1.165) is 16.7 Å². The van der Waals surface area contributed by atoms with E-state index < -0.39 is 13.3 Å². The number of hydrogen-bond donors (Lipinski definition) is 0. The molecule has 1 unspecified atom stereocenters. The molecule has 0 saturated heterocycles. The van der Waals surface area contributed by atoms with Gasteiger partial charge >= 0.3 is 0 Å². The largest absolute Gasteiger partial charge is 0.496 e. The molecule has 0 saturated carbocycles. The van der Waals surface area contributed by atoms with Crippen LogP contribution in [-0.4, -0.2) is 25.5 Å². The lowest BCUT2D eigenvalue weighted by Crippen LogP contribution is -2.19. The minimum absolute atomic E-state index is 0.190. The van der Waals surface area contributed by atoms with Gasteiger partial charge in [-0.15, -0.1) is 0 Å². The highest BCUT2D eigenvalue weighted by Crippen LogP contribution is 2.42. The van der Waals surface area contributed by atoms with Gasteiger partial charge < -0.3 is 14.0 Å². The van der Waals surface area contributed by atoms with Gasteiger partial charge in [0.05, 0.1) is 14.2 Å². The molecule has 3 aromatic rings. The molecular weight excluding hydrogens is 435 g/mol. The van der Waals surface area contributed by atoms with Crippen molar-refractivity contribution in [2.24, 2.45) is 0 Å². The standard InChI is InChI=1S/C27H29O5P/c1-15-13-16(2)21(17(3)14-15)27(29)33(30)26-24(31-6)18(4)22(19(5)25(26)32-7)23(28)20-11-9-8-10-12-20/h8-14,33H,1-7H3. The summed E-state index contributed by atoms with van der Waals surface area (Å²) >= 11 is 0. The molecule has 0 aliphatic rings. The van der Waals surface area contributed by atoms with E-state index in [1.807, 2.05) is 39.0 Å². The first-order valence-corrected chi connectivity index (χ1v) is 12.1.